The maximum atomic E-state index is 9.61. The van der Waals surface area contributed by atoms with Gasteiger partial charge in [-0.15, -0.1) is 0 Å². The van der Waals surface area contributed by atoms with Crippen LogP contribution in [0.25, 0.3) is 0 Å². The van der Waals surface area contributed by atoms with Crippen molar-refractivity contribution >= 4 is 0 Å². The third-order valence-corrected chi connectivity index (χ3v) is 2.24. The van der Waals surface area contributed by atoms with Crippen LogP contribution in [0.4, 0.5) is 0 Å². The SMILES string of the molecule is C=CC(=C)[C@H](O)CCc1ccccc1. The van der Waals surface area contributed by atoms with Gasteiger partial charge in [-0.25, -0.2) is 0 Å². The van der Waals surface area contributed by atoms with Crippen molar-refractivity contribution in [2.75, 3.05) is 0 Å². The van der Waals surface area contributed by atoms with Gasteiger partial charge < -0.3 is 5.11 Å². The lowest BCUT2D eigenvalue weighted by atomic mass is 10.0. The Kier molecular flexibility index (Phi) is 4.14. The molecule has 0 saturated carbocycles. The molecule has 0 amide bonds. The molecule has 0 heterocycles. The minimum absolute atomic E-state index is 0.465. The predicted octanol–water partition coefficient (Wildman–Crippen LogP) is 2.72. The van der Waals surface area contributed by atoms with Gasteiger partial charge in [0.2, 0.25) is 0 Å². The highest BCUT2D eigenvalue weighted by atomic mass is 16.3. The first-order chi connectivity index (χ1) is 6.74. The molecule has 1 N–H and O–H groups in total. The van der Waals surface area contributed by atoms with E-state index in [1.54, 1.807) is 6.08 Å². The van der Waals surface area contributed by atoms with Crippen LogP contribution < -0.4 is 0 Å². The lowest BCUT2D eigenvalue weighted by molar-refractivity contribution is 0.205. The molecule has 0 bridgehead atoms. The van der Waals surface area contributed by atoms with Crippen molar-refractivity contribution in [1.29, 1.82) is 0 Å². The zero-order chi connectivity index (χ0) is 10.4. The van der Waals surface area contributed by atoms with Crippen LogP contribution in [-0.2, 0) is 6.42 Å². The highest BCUT2D eigenvalue weighted by Crippen LogP contribution is 2.10. The molecule has 1 aromatic carbocycles. The Hall–Kier alpha value is -1.34. The van der Waals surface area contributed by atoms with Gasteiger partial charge >= 0.3 is 0 Å². The average molecular weight is 188 g/mol. The summed E-state index contributed by atoms with van der Waals surface area (Å²) in [5.41, 5.74) is 1.93. The van der Waals surface area contributed by atoms with E-state index in [4.69, 9.17) is 0 Å². The van der Waals surface area contributed by atoms with Crippen molar-refractivity contribution < 1.29 is 5.11 Å². The molecule has 0 radical (unpaired) electrons. The fraction of sp³-hybridized carbons (Fsp3) is 0.231. The van der Waals surface area contributed by atoms with E-state index in [9.17, 15) is 5.11 Å². The summed E-state index contributed by atoms with van der Waals surface area (Å²) in [6, 6.07) is 10.1. The van der Waals surface area contributed by atoms with Crippen LogP contribution in [0.2, 0.25) is 0 Å². The van der Waals surface area contributed by atoms with Crippen LogP contribution >= 0.6 is 0 Å². The molecule has 0 spiro atoms. The van der Waals surface area contributed by atoms with Crippen molar-refractivity contribution in [3.05, 3.63) is 60.7 Å². The van der Waals surface area contributed by atoms with Crippen molar-refractivity contribution in [3.63, 3.8) is 0 Å². The smallest absolute Gasteiger partial charge is 0.0787 e. The van der Waals surface area contributed by atoms with E-state index in [0.29, 0.717) is 12.0 Å². The molecule has 0 aliphatic heterocycles. The zero-order valence-electron chi connectivity index (χ0n) is 8.32. The summed E-state index contributed by atoms with van der Waals surface area (Å²) in [7, 11) is 0. The summed E-state index contributed by atoms with van der Waals surface area (Å²) in [5, 5.41) is 9.61. The molecule has 1 heteroatoms. The Morgan fingerprint density at radius 1 is 1.36 bits per heavy atom. The van der Waals surface area contributed by atoms with Crippen LogP contribution in [0.5, 0.6) is 0 Å². The van der Waals surface area contributed by atoms with Gasteiger partial charge in [0.25, 0.3) is 0 Å². The average Bonchev–Trinajstić information content (AvgIpc) is 2.26. The van der Waals surface area contributed by atoms with Gasteiger partial charge in [0.1, 0.15) is 0 Å². The normalized spacial score (nSPS) is 12.1. The molecule has 0 saturated heterocycles. The van der Waals surface area contributed by atoms with Crippen molar-refractivity contribution in [3.8, 4) is 0 Å². The van der Waals surface area contributed by atoms with Crippen LogP contribution in [0.1, 0.15) is 12.0 Å². The van der Waals surface area contributed by atoms with Gasteiger partial charge in [0.05, 0.1) is 6.10 Å². The highest BCUT2D eigenvalue weighted by Gasteiger charge is 2.05. The van der Waals surface area contributed by atoms with Crippen molar-refractivity contribution in [2.24, 2.45) is 0 Å². The van der Waals surface area contributed by atoms with Gasteiger partial charge in [0.15, 0.2) is 0 Å². The topological polar surface area (TPSA) is 20.2 Å². The van der Waals surface area contributed by atoms with E-state index in [-0.39, 0.29) is 0 Å². The number of benzene rings is 1. The number of aryl methyl sites for hydroxylation is 1. The molecule has 0 unspecified atom stereocenters. The first-order valence-electron chi connectivity index (χ1n) is 4.77. The molecule has 0 aromatic heterocycles. The highest BCUT2D eigenvalue weighted by molar-refractivity contribution is 5.18. The van der Waals surface area contributed by atoms with Gasteiger partial charge in [-0.05, 0) is 24.0 Å². The fourth-order valence-electron chi connectivity index (χ4n) is 1.27. The zero-order valence-corrected chi connectivity index (χ0v) is 8.32. The molecule has 0 aliphatic rings. The van der Waals surface area contributed by atoms with Gasteiger partial charge in [0, 0.05) is 0 Å². The van der Waals surface area contributed by atoms with Gasteiger partial charge in [-0.3, -0.25) is 0 Å². The van der Waals surface area contributed by atoms with Gasteiger partial charge in [-0.2, -0.15) is 0 Å². The van der Waals surface area contributed by atoms with Crippen LogP contribution in [0.15, 0.2) is 55.1 Å². The minimum atomic E-state index is -0.465. The van der Waals surface area contributed by atoms with Gasteiger partial charge in [-0.1, -0.05) is 49.6 Å². The summed E-state index contributed by atoms with van der Waals surface area (Å²) >= 11 is 0. The lowest BCUT2D eigenvalue weighted by Crippen LogP contribution is -2.08. The monoisotopic (exact) mass is 188 g/mol. The number of hydrogen-bond donors (Lipinski definition) is 1. The second-order valence-corrected chi connectivity index (χ2v) is 3.32. The molecule has 0 fully saturated rings. The summed E-state index contributed by atoms with van der Waals surface area (Å²) in [4.78, 5) is 0. The van der Waals surface area contributed by atoms with Crippen LogP contribution in [0, 0.1) is 0 Å². The minimum Gasteiger partial charge on any atom is -0.388 e. The molecule has 0 aliphatic carbocycles. The third-order valence-electron chi connectivity index (χ3n) is 2.24. The third kappa shape index (κ3) is 3.19. The van der Waals surface area contributed by atoms with E-state index in [1.165, 1.54) is 5.56 Å². The summed E-state index contributed by atoms with van der Waals surface area (Å²) < 4.78 is 0. The largest absolute Gasteiger partial charge is 0.388 e. The summed E-state index contributed by atoms with van der Waals surface area (Å²) in [6.07, 6.45) is 2.71. The number of aliphatic hydroxyl groups excluding tert-OH is 1. The molecule has 14 heavy (non-hydrogen) atoms. The fourth-order valence-corrected chi connectivity index (χ4v) is 1.27. The number of aliphatic hydroxyl groups is 1. The lowest BCUT2D eigenvalue weighted by Gasteiger charge is -2.09. The van der Waals surface area contributed by atoms with Crippen molar-refractivity contribution in [1.82, 2.24) is 0 Å². The molecular weight excluding hydrogens is 172 g/mol. The Morgan fingerprint density at radius 3 is 2.57 bits per heavy atom. The first kappa shape index (κ1) is 10.7. The predicted molar refractivity (Wildman–Crippen MR) is 60.1 cm³/mol. The Balaban J connectivity index is 2.41. The van der Waals surface area contributed by atoms with E-state index >= 15 is 0 Å². The number of rotatable bonds is 5. The van der Waals surface area contributed by atoms with E-state index < -0.39 is 6.10 Å². The Bertz CT molecular complexity index is 300. The maximum absolute atomic E-state index is 9.61. The van der Waals surface area contributed by atoms with E-state index in [2.05, 4.69) is 25.3 Å². The molecule has 74 valence electrons. The molecule has 1 atom stereocenters. The summed E-state index contributed by atoms with van der Waals surface area (Å²) in [6.45, 7) is 7.29. The molecule has 1 nitrogen and oxygen atoms in total. The quantitative estimate of drug-likeness (QED) is 0.704. The second-order valence-electron chi connectivity index (χ2n) is 3.32. The van der Waals surface area contributed by atoms with Crippen LogP contribution in [-0.4, -0.2) is 11.2 Å². The molecule has 1 aromatic rings. The molecule has 1 rings (SSSR count). The Morgan fingerprint density at radius 2 is 2.00 bits per heavy atom. The maximum Gasteiger partial charge on any atom is 0.0787 e. The van der Waals surface area contributed by atoms with Crippen LogP contribution in [0.3, 0.4) is 0 Å². The number of hydrogen-bond acceptors (Lipinski definition) is 1. The van der Waals surface area contributed by atoms with Crippen molar-refractivity contribution in [2.45, 2.75) is 18.9 Å². The summed E-state index contributed by atoms with van der Waals surface area (Å²) in [5.74, 6) is 0. The first-order valence-corrected chi connectivity index (χ1v) is 4.77. The standard InChI is InChI=1S/C13H16O/c1-3-11(2)13(14)10-9-12-7-5-4-6-8-12/h3-8,13-14H,1-2,9-10H2/t13-/m1/s1. The van der Waals surface area contributed by atoms with E-state index in [1.807, 2.05) is 18.2 Å². The second kappa shape index (κ2) is 5.40. The molecular formula is C13H16O. The Labute approximate surface area is 85.4 Å². The van der Waals surface area contributed by atoms with E-state index in [0.717, 1.165) is 6.42 Å².